The van der Waals surface area contributed by atoms with Crippen molar-refractivity contribution in [3.05, 3.63) is 28.7 Å². The van der Waals surface area contributed by atoms with Gasteiger partial charge in [0.15, 0.2) is 0 Å². The van der Waals surface area contributed by atoms with Gasteiger partial charge in [0.05, 0.1) is 18.8 Å². The Balaban J connectivity index is 2.37. The highest BCUT2D eigenvalue weighted by Gasteiger charge is 2.06. The zero-order valence-corrected chi connectivity index (χ0v) is 11.6. The van der Waals surface area contributed by atoms with Gasteiger partial charge in [-0.15, -0.1) is 0 Å². The zero-order valence-electron chi connectivity index (χ0n) is 10.00. The summed E-state index contributed by atoms with van der Waals surface area (Å²) in [4.78, 5) is 11.6. The number of hydrogen-bond donors (Lipinski definition) is 2. The highest BCUT2D eigenvalue weighted by Crippen LogP contribution is 2.20. The second-order valence-corrected chi connectivity index (χ2v) is 4.62. The van der Waals surface area contributed by atoms with Gasteiger partial charge < -0.3 is 15.4 Å². The Kier molecular flexibility index (Phi) is 6.18. The maximum atomic E-state index is 11.6. The quantitative estimate of drug-likeness (QED) is 0.845. The van der Waals surface area contributed by atoms with Crippen molar-refractivity contribution in [1.29, 1.82) is 0 Å². The van der Waals surface area contributed by atoms with E-state index in [-0.39, 0.29) is 18.5 Å². The molecular weight excluding hydrogens is 284 g/mol. The molecular formula is C12H17BrN2O2. The van der Waals surface area contributed by atoms with Crippen LogP contribution in [0.15, 0.2) is 28.7 Å². The van der Waals surface area contributed by atoms with Crippen LogP contribution in [0.2, 0.25) is 0 Å². The molecule has 0 aliphatic heterocycles. The standard InChI is InChI=1S/C12H17BrN2O2/c1-9(8-17-2)14-7-12(16)15-11-6-4-3-5-10(11)13/h3-6,9,14H,7-8H2,1-2H3,(H,15,16). The number of amides is 1. The van der Waals surface area contributed by atoms with Gasteiger partial charge in [0.25, 0.3) is 0 Å². The van der Waals surface area contributed by atoms with Gasteiger partial charge in [0.1, 0.15) is 0 Å². The van der Waals surface area contributed by atoms with Crippen LogP contribution in [0.1, 0.15) is 6.92 Å². The lowest BCUT2D eigenvalue weighted by Gasteiger charge is -2.13. The molecule has 0 heterocycles. The van der Waals surface area contributed by atoms with Gasteiger partial charge in [-0.05, 0) is 35.0 Å². The van der Waals surface area contributed by atoms with E-state index >= 15 is 0 Å². The van der Waals surface area contributed by atoms with E-state index in [0.717, 1.165) is 10.2 Å². The van der Waals surface area contributed by atoms with Crippen molar-refractivity contribution in [3.8, 4) is 0 Å². The van der Waals surface area contributed by atoms with Crippen LogP contribution in [0.5, 0.6) is 0 Å². The Morgan fingerprint density at radius 3 is 2.82 bits per heavy atom. The normalized spacial score (nSPS) is 12.2. The number of methoxy groups -OCH3 is 1. The number of carbonyl (C=O) groups is 1. The molecule has 1 amide bonds. The van der Waals surface area contributed by atoms with Crippen LogP contribution in [-0.4, -0.2) is 32.2 Å². The fraction of sp³-hybridized carbons (Fsp3) is 0.417. The van der Waals surface area contributed by atoms with E-state index in [4.69, 9.17) is 4.74 Å². The van der Waals surface area contributed by atoms with Crippen LogP contribution >= 0.6 is 15.9 Å². The largest absolute Gasteiger partial charge is 0.383 e. The Hall–Kier alpha value is -0.910. The molecule has 2 N–H and O–H groups in total. The van der Waals surface area contributed by atoms with Crippen LogP contribution in [0.4, 0.5) is 5.69 Å². The molecule has 5 heteroatoms. The highest BCUT2D eigenvalue weighted by atomic mass is 79.9. The molecule has 0 bridgehead atoms. The van der Waals surface area contributed by atoms with Gasteiger partial charge in [-0.3, -0.25) is 4.79 Å². The second kappa shape index (κ2) is 7.42. The summed E-state index contributed by atoms with van der Waals surface area (Å²) in [5.41, 5.74) is 0.777. The van der Waals surface area contributed by atoms with Gasteiger partial charge in [-0.2, -0.15) is 0 Å². The SMILES string of the molecule is COCC(C)NCC(=O)Nc1ccccc1Br. The first-order valence-electron chi connectivity index (χ1n) is 5.40. The first-order valence-corrected chi connectivity index (χ1v) is 6.19. The molecule has 0 spiro atoms. The van der Waals surface area contributed by atoms with Crippen molar-refractivity contribution >= 4 is 27.5 Å². The van der Waals surface area contributed by atoms with Crippen molar-refractivity contribution in [1.82, 2.24) is 5.32 Å². The van der Waals surface area contributed by atoms with Crippen molar-refractivity contribution in [2.24, 2.45) is 0 Å². The molecule has 0 radical (unpaired) electrons. The maximum Gasteiger partial charge on any atom is 0.238 e. The first-order chi connectivity index (χ1) is 8.13. The number of ether oxygens (including phenoxy) is 1. The van der Waals surface area contributed by atoms with E-state index < -0.39 is 0 Å². The van der Waals surface area contributed by atoms with E-state index in [0.29, 0.717) is 6.61 Å². The number of halogens is 1. The number of carbonyl (C=O) groups excluding carboxylic acids is 1. The summed E-state index contributed by atoms with van der Waals surface area (Å²) in [6.45, 7) is 2.82. The Bertz CT molecular complexity index is 371. The van der Waals surface area contributed by atoms with Gasteiger partial charge in [0, 0.05) is 17.6 Å². The minimum absolute atomic E-state index is 0.0696. The summed E-state index contributed by atoms with van der Waals surface area (Å²) in [7, 11) is 1.64. The van der Waals surface area contributed by atoms with Crippen LogP contribution in [0, 0.1) is 0 Å². The lowest BCUT2D eigenvalue weighted by Crippen LogP contribution is -2.36. The van der Waals surface area contributed by atoms with Crippen molar-refractivity contribution in [2.75, 3.05) is 25.6 Å². The smallest absolute Gasteiger partial charge is 0.238 e. The third-order valence-electron chi connectivity index (χ3n) is 2.18. The summed E-state index contributed by atoms with van der Waals surface area (Å²) >= 11 is 3.37. The summed E-state index contributed by atoms with van der Waals surface area (Å²) < 4.78 is 5.85. The molecule has 1 aromatic carbocycles. The van der Waals surface area contributed by atoms with E-state index in [1.54, 1.807) is 7.11 Å². The van der Waals surface area contributed by atoms with Crippen molar-refractivity contribution in [3.63, 3.8) is 0 Å². The van der Waals surface area contributed by atoms with Crippen LogP contribution in [0.25, 0.3) is 0 Å². The first kappa shape index (κ1) is 14.2. The molecule has 0 aromatic heterocycles. The Morgan fingerprint density at radius 2 is 2.18 bits per heavy atom. The summed E-state index contributed by atoms with van der Waals surface area (Å²) in [5, 5.41) is 5.89. The van der Waals surface area contributed by atoms with Gasteiger partial charge in [0.2, 0.25) is 5.91 Å². The van der Waals surface area contributed by atoms with E-state index in [2.05, 4.69) is 26.6 Å². The monoisotopic (exact) mass is 300 g/mol. The van der Waals surface area contributed by atoms with Crippen LogP contribution in [0.3, 0.4) is 0 Å². The number of anilines is 1. The predicted molar refractivity (Wildman–Crippen MR) is 72.1 cm³/mol. The third-order valence-corrected chi connectivity index (χ3v) is 2.87. The molecule has 0 aliphatic rings. The van der Waals surface area contributed by atoms with E-state index in [1.807, 2.05) is 31.2 Å². The second-order valence-electron chi connectivity index (χ2n) is 3.77. The number of para-hydroxylation sites is 1. The molecule has 0 fully saturated rings. The highest BCUT2D eigenvalue weighted by molar-refractivity contribution is 9.10. The molecule has 1 rings (SSSR count). The molecule has 4 nitrogen and oxygen atoms in total. The lowest BCUT2D eigenvalue weighted by atomic mass is 10.3. The Morgan fingerprint density at radius 1 is 1.47 bits per heavy atom. The number of benzene rings is 1. The van der Waals surface area contributed by atoms with Crippen molar-refractivity contribution < 1.29 is 9.53 Å². The fourth-order valence-electron chi connectivity index (χ4n) is 1.33. The average molecular weight is 301 g/mol. The zero-order chi connectivity index (χ0) is 12.7. The third kappa shape index (κ3) is 5.30. The average Bonchev–Trinajstić information content (AvgIpc) is 2.30. The molecule has 17 heavy (non-hydrogen) atoms. The van der Waals surface area contributed by atoms with Crippen LogP contribution < -0.4 is 10.6 Å². The Labute approximate surface area is 110 Å². The molecule has 1 unspecified atom stereocenters. The van der Waals surface area contributed by atoms with Gasteiger partial charge >= 0.3 is 0 Å². The molecule has 1 atom stereocenters. The summed E-state index contributed by atoms with van der Waals surface area (Å²) in [6, 6.07) is 7.67. The topological polar surface area (TPSA) is 50.4 Å². The molecule has 94 valence electrons. The minimum Gasteiger partial charge on any atom is -0.383 e. The summed E-state index contributed by atoms with van der Waals surface area (Å²) in [5.74, 6) is -0.0696. The molecule has 0 saturated carbocycles. The van der Waals surface area contributed by atoms with Gasteiger partial charge in [-0.25, -0.2) is 0 Å². The minimum atomic E-state index is -0.0696. The van der Waals surface area contributed by atoms with Gasteiger partial charge in [-0.1, -0.05) is 12.1 Å². The van der Waals surface area contributed by atoms with E-state index in [9.17, 15) is 4.79 Å². The lowest BCUT2D eigenvalue weighted by molar-refractivity contribution is -0.115. The molecule has 0 saturated heterocycles. The van der Waals surface area contributed by atoms with Crippen molar-refractivity contribution in [2.45, 2.75) is 13.0 Å². The number of hydrogen-bond acceptors (Lipinski definition) is 3. The number of nitrogens with one attached hydrogen (secondary N) is 2. The fourth-order valence-corrected chi connectivity index (χ4v) is 1.72. The number of rotatable bonds is 6. The summed E-state index contributed by atoms with van der Waals surface area (Å²) in [6.07, 6.45) is 0. The van der Waals surface area contributed by atoms with E-state index in [1.165, 1.54) is 0 Å². The molecule has 0 aliphatic carbocycles. The molecule has 1 aromatic rings. The maximum absolute atomic E-state index is 11.6. The van der Waals surface area contributed by atoms with Crippen LogP contribution in [-0.2, 0) is 9.53 Å². The predicted octanol–water partition coefficient (Wildman–Crippen LogP) is 2.01.